The number of benzene rings is 2. The van der Waals surface area contributed by atoms with Crippen molar-refractivity contribution in [1.82, 2.24) is 4.31 Å². The summed E-state index contributed by atoms with van der Waals surface area (Å²) in [5.41, 5.74) is 6.39. The number of methoxy groups -OCH3 is 1. The van der Waals surface area contributed by atoms with Crippen molar-refractivity contribution in [3.8, 4) is 5.75 Å². The first kappa shape index (κ1) is 20.4. The monoisotopic (exact) mass is 398 g/mol. The fourth-order valence-electron chi connectivity index (χ4n) is 2.44. The predicted molar refractivity (Wildman–Crippen MR) is 99.2 cm³/mol. The standard InChI is InChI=1S/C17H22N2O5S2/c1-24-16-9-8-15(25(2,20)21)12-17(16)26(22,23)19(11-10-18)13-14-6-4-3-5-7-14/h3-9,12H,10-11,13,18H2,1-2H3. The van der Waals surface area contributed by atoms with Crippen LogP contribution in [0.25, 0.3) is 0 Å². The van der Waals surface area contributed by atoms with E-state index in [1.165, 1.54) is 23.5 Å². The SMILES string of the molecule is COc1ccc(S(C)(=O)=O)cc1S(=O)(=O)N(CCN)Cc1ccccc1. The van der Waals surface area contributed by atoms with Crippen molar-refractivity contribution in [2.24, 2.45) is 5.73 Å². The van der Waals surface area contributed by atoms with Crippen LogP contribution in [-0.4, -0.2) is 47.6 Å². The lowest BCUT2D eigenvalue weighted by atomic mass is 10.2. The van der Waals surface area contributed by atoms with E-state index in [-0.39, 0.29) is 35.2 Å². The molecule has 0 aliphatic rings. The van der Waals surface area contributed by atoms with Gasteiger partial charge in [-0.15, -0.1) is 0 Å². The van der Waals surface area contributed by atoms with Gasteiger partial charge >= 0.3 is 0 Å². The normalized spacial score (nSPS) is 12.3. The molecule has 7 nitrogen and oxygen atoms in total. The Morgan fingerprint density at radius 2 is 1.69 bits per heavy atom. The molecule has 0 amide bonds. The summed E-state index contributed by atoms with van der Waals surface area (Å²) in [5.74, 6) is 0.0764. The molecular weight excluding hydrogens is 376 g/mol. The van der Waals surface area contributed by atoms with Crippen LogP contribution in [0.2, 0.25) is 0 Å². The predicted octanol–water partition coefficient (Wildman–Crippen LogP) is 1.25. The zero-order chi connectivity index (χ0) is 19.4. The van der Waals surface area contributed by atoms with Gasteiger partial charge in [0.2, 0.25) is 10.0 Å². The molecule has 0 aliphatic heterocycles. The van der Waals surface area contributed by atoms with Crippen molar-refractivity contribution in [1.29, 1.82) is 0 Å². The Morgan fingerprint density at radius 1 is 1.04 bits per heavy atom. The van der Waals surface area contributed by atoms with Gasteiger partial charge in [0.25, 0.3) is 0 Å². The maximum atomic E-state index is 13.2. The van der Waals surface area contributed by atoms with E-state index in [2.05, 4.69) is 0 Å². The first-order valence-electron chi connectivity index (χ1n) is 7.82. The van der Waals surface area contributed by atoms with E-state index in [1.807, 2.05) is 30.3 Å². The lowest BCUT2D eigenvalue weighted by Crippen LogP contribution is -2.35. The van der Waals surface area contributed by atoms with Gasteiger partial charge in [0, 0.05) is 25.9 Å². The molecule has 26 heavy (non-hydrogen) atoms. The van der Waals surface area contributed by atoms with Crippen LogP contribution in [0.1, 0.15) is 5.56 Å². The number of rotatable bonds is 8. The summed E-state index contributed by atoms with van der Waals surface area (Å²) < 4.78 is 56.4. The lowest BCUT2D eigenvalue weighted by Gasteiger charge is -2.23. The summed E-state index contributed by atoms with van der Waals surface area (Å²) in [4.78, 5) is -0.295. The molecule has 2 aromatic carbocycles. The van der Waals surface area contributed by atoms with Crippen molar-refractivity contribution >= 4 is 19.9 Å². The summed E-state index contributed by atoms with van der Waals surface area (Å²) in [7, 11) is -6.26. The molecule has 0 fully saturated rings. The van der Waals surface area contributed by atoms with Gasteiger partial charge in [0.1, 0.15) is 10.6 Å². The smallest absolute Gasteiger partial charge is 0.247 e. The van der Waals surface area contributed by atoms with E-state index in [0.717, 1.165) is 17.9 Å². The molecule has 0 atom stereocenters. The third-order valence-corrected chi connectivity index (χ3v) is 6.74. The van der Waals surface area contributed by atoms with E-state index in [1.54, 1.807) is 0 Å². The van der Waals surface area contributed by atoms with Crippen LogP contribution in [0, 0.1) is 0 Å². The number of sulfonamides is 1. The summed E-state index contributed by atoms with van der Waals surface area (Å²) in [6.45, 7) is 0.330. The molecule has 2 N–H and O–H groups in total. The minimum Gasteiger partial charge on any atom is -0.495 e. The minimum absolute atomic E-state index is 0.0764. The molecule has 2 rings (SSSR count). The van der Waals surface area contributed by atoms with E-state index in [9.17, 15) is 16.8 Å². The number of hydrogen-bond acceptors (Lipinski definition) is 6. The van der Waals surface area contributed by atoms with Gasteiger partial charge < -0.3 is 10.5 Å². The van der Waals surface area contributed by atoms with Crippen molar-refractivity contribution in [2.75, 3.05) is 26.5 Å². The highest BCUT2D eigenvalue weighted by atomic mass is 32.2. The Hall–Kier alpha value is -1.94. The quantitative estimate of drug-likeness (QED) is 0.717. The molecular formula is C17H22N2O5S2. The van der Waals surface area contributed by atoms with Crippen LogP contribution >= 0.6 is 0 Å². The second-order valence-electron chi connectivity index (χ2n) is 5.70. The van der Waals surface area contributed by atoms with Gasteiger partial charge in [0.05, 0.1) is 12.0 Å². The van der Waals surface area contributed by atoms with Crippen LogP contribution in [0.3, 0.4) is 0 Å². The summed E-state index contributed by atoms with van der Waals surface area (Å²) in [6, 6.07) is 12.9. The zero-order valence-electron chi connectivity index (χ0n) is 14.6. The Morgan fingerprint density at radius 3 is 2.23 bits per heavy atom. The Labute approximate surface area is 154 Å². The van der Waals surface area contributed by atoms with Gasteiger partial charge in [-0.1, -0.05) is 30.3 Å². The third kappa shape index (κ3) is 4.61. The highest BCUT2D eigenvalue weighted by Crippen LogP contribution is 2.30. The van der Waals surface area contributed by atoms with Crippen LogP contribution in [-0.2, 0) is 26.4 Å². The molecule has 2 aromatic rings. The van der Waals surface area contributed by atoms with E-state index < -0.39 is 19.9 Å². The zero-order valence-corrected chi connectivity index (χ0v) is 16.3. The fourth-order valence-corrected chi connectivity index (χ4v) is 4.79. The number of nitrogens with two attached hydrogens (primary N) is 1. The Kier molecular flexibility index (Phi) is 6.40. The van der Waals surface area contributed by atoms with Gasteiger partial charge in [-0.3, -0.25) is 0 Å². The van der Waals surface area contributed by atoms with E-state index in [4.69, 9.17) is 10.5 Å². The highest BCUT2D eigenvalue weighted by molar-refractivity contribution is 7.91. The van der Waals surface area contributed by atoms with Crippen LogP contribution in [0.4, 0.5) is 0 Å². The second-order valence-corrected chi connectivity index (χ2v) is 9.62. The van der Waals surface area contributed by atoms with E-state index in [0.29, 0.717) is 0 Å². The molecule has 0 heterocycles. The molecule has 0 radical (unpaired) electrons. The molecule has 0 saturated carbocycles. The highest BCUT2D eigenvalue weighted by Gasteiger charge is 2.29. The van der Waals surface area contributed by atoms with Crippen LogP contribution in [0.5, 0.6) is 5.75 Å². The number of sulfone groups is 1. The summed E-state index contributed by atoms with van der Waals surface area (Å²) in [5, 5.41) is 0. The largest absolute Gasteiger partial charge is 0.495 e. The Bertz CT molecular complexity index is 958. The van der Waals surface area contributed by atoms with Crippen molar-refractivity contribution in [3.05, 3.63) is 54.1 Å². The van der Waals surface area contributed by atoms with Gasteiger partial charge in [-0.2, -0.15) is 4.31 Å². The van der Waals surface area contributed by atoms with Gasteiger partial charge in [0.15, 0.2) is 9.84 Å². The van der Waals surface area contributed by atoms with Gasteiger partial charge in [-0.25, -0.2) is 16.8 Å². The second kappa shape index (κ2) is 8.17. The minimum atomic E-state index is -4.02. The van der Waals surface area contributed by atoms with Gasteiger partial charge in [-0.05, 0) is 23.8 Å². The van der Waals surface area contributed by atoms with Crippen molar-refractivity contribution in [2.45, 2.75) is 16.3 Å². The lowest BCUT2D eigenvalue weighted by molar-refractivity contribution is 0.388. The number of nitrogens with zero attached hydrogens (tertiary/aromatic N) is 1. The van der Waals surface area contributed by atoms with Crippen LogP contribution in [0.15, 0.2) is 58.3 Å². The average Bonchev–Trinajstić information content (AvgIpc) is 2.61. The molecule has 0 spiro atoms. The topological polar surface area (TPSA) is 107 Å². The van der Waals surface area contributed by atoms with Crippen molar-refractivity contribution < 1.29 is 21.6 Å². The molecule has 9 heteroatoms. The fraction of sp³-hybridized carbons (Fsp3) is 0.294. The first-order chi connectivity index (χ1) is 12.2. The Balaban J connectivity index is 2.54. The maximum absolute atomic E-state index is 13.2. The number of hydrogen-bond donors (Lipinski definition) is 1. The molecule has 142 valence electrons. The van der Waals surface area contributed by atoms with E-state index >= 15 is 0 Å². The maximum Gasteiger partial charge on any atom is 0.247 e. The third-order valence-electron chi connectivity index (χ3n) is 3.76. The van der Waals surface area contributed by atoms with Crippen molar-refractivity contribution in [3.63, 3.8) is 0 Å². The number of ether oxygens (including phenoxy) is 1. The first-order valence-corrected chi connectivity index (χ1v) is 11.2. The molecule has 0 unspecified atom stereocenters. The molecule has 0 bridgehead atoms. The average molecular weight is 399 g/mol. The van der Waals surface area contributed by atoms with Crippen LogP contribution < -0.4 is 10.5 Å². The molecule has 0 aliphatic carbocycles. The molecule has 0 aromatic heterocycles. The summed E-state index contributed by atoms with van der Waals surface area (Å²) >= 11 is 0. The summed E-state index contributed by atoms with van der Waals surface area (Å²) in [6.07, 6.45) is 1.02. The molecule has 0 saturated heterocycles.